The number of H-pyrrole nitrogens is 1. The summed E-state index contributed by atoms with van der Waals surface area (Å²) in [7, 11) is 0. The van der Waals surface area contributed by atoms with E-state index in [1.54, 1.807) is 0 Å². The number of benzene rings is 2. The predicted octanol–water partition coefficient (Wildman–Crippen LogP) is 7.59. The smallest absolute Gasteiger partial charge is 0.320 e. The zero-order valence-electron chi connectivity index (χ0n) is 22.8. The number of urea groups is 1. The van der Waals surface area contributed by atoms with Crippen LogP contribution in [0.3, 0.4) is 0 Å². The number of anilines is 1. The lowest BCUT2D eigenvalue weighted by molar-refractivity contribution is 0.247. The second kappa shape index (κ2) is 10.6. The fourth-order valence-electron chi connectivity index (χ4n) is 5.98. The number of nitrogens with one attached hydrogen (secondary N) is 4. The Morgan fingerprint density at radius 1 is 0.973 bits per heavy atom. The van der Waals surface area contributed by atoms with Crippen LogP contribution in [0.5, 0.6) is 0 Å². The second-order valence-corrected chi connectivity index (χ2v) is 11.7. The van der Waals surface area contributed by atoms with Crippen molar-refractivity contribution in [1.29, 1.82) is 0 Å². The zero-order valence-corrected chi connectivity index (χ0v) is 22.8. The molecule has 0 spiro atoms. The molecular formula is C32H42N4O. The molecule has 4 N–H and O–H groups in total. The normalized spacial score (nSPS) is 19.8. The Balaban J connectivity index is 1.36. The molecule has 5 rings (SSSR count). The van der Waals surface area contributed by atoms with Crippen molar-refractivity contribution in [3.63, 3.8) is 0 Å². The molecule has 196 valence electrons. The number of carbonyl (C=O) groups is 1. The van der Waals surface area contributed by atoms with Crippen LogP contribution in [0.2, 0.25) is 0 Å². The summed E-state index contributed by atoms with van der Waals surface area (Å²) in [5.74, 6) is 1.36. The first-order chi connectivity index (χ1) is 17.9. The Hall–Kier alpha value is -3.21. The minimum Gasteiger partial charge on any atom is -0.386 e. The van der Waals surface area contributed by atoms with Gasteiger partial charge in [-0.15, -0.1) is 0 Å². The number of hydrogen-bond donors (Lipinski definition) is 4. The Morgan fingerprint density at radius 2 is 1.68 bits per heavy atom. The fraction of sp³-hybridized carbons (Fsp3) is 0.469. The maximum Gasteiger partial charge on any atom is 0.320 e. The highest BCUT2D eigenvalue weighted by molar-refractivity contribution is 5.93. The first-order valence-corrected chi connectivity index (χ1v) is 14.1. The van der Waals surface area contributed by atoms with Crippen molar-refractivity contribution in [2.24, 2.45) is 5.92 Å². The van der Waals surface area contributed by atoms with Crippen molar-refractivity contribution in [3.05, 3.63) is 77.1 Å². The molecule has 1 aromatic heterocycles. The van der Waals surface area contributed by atoms with Gasteiger partial charge in [-0.25, -0.2) is 4.79 Å². The Bertz CT molecular complexity index is 1250. The van der Waals surface area contributed by atoms with Gasteiger partial charge in [0.05, 0.1) is 0 Å². The third kappa shape index (κ3) is 5.56. The van der Waals surface area contributed by atoms with Gasteiger partial charge in [0.25, 0.3) is 0 Å². The molecule has 1 fully saturated rings. The van der Waals surface area contributed by atoms with Gasteiger partial charge >= 0.3 is 6.03 Å². The molecule has 0 bridgehead atoms. The SMILES string of the molecule is CC(C)c1cccc(C(C)C)c1NC(=O)N[C@]1(Cc2c[nH]c3ccccc23)C=C1NCC1CCCCC1. The van der Waals surface area contributed by atoms with Gasteiger partial charge in [0.2, 0.25) is 0 Å². The van der Waals surface area contributed by atoms with Gasteiger partial charge in [-0.2, -0.15) is 0 Å². The predicted molar refractivity (Wildman–Crippen MR) is 154 cm³/mol. The van der Waals surface area contributed by atoms with Gasteiger partial charge in [0.15, 0.2) is 0 Å². The van der Waals surface area contributed by atoms with Crippen molar-refractivity contribution in [2.45, 2.75) is 83.6 Å². The molecule has 3 aromatic rings. The monoisotopic (exact) mass is 498 g/mol. The molecule has 0 radical (unpaired) electrons. The van der Waals surface area contributed by atoms with E-state index in [0.717, 1.165) is 35.8 Å². The van der Waals surface area contributed by atoms with Crippen molar-refractivity contribution in [1.82, 2.24) is 15.6 Å². The van der Waals surface area contributed by atoms with Gasteiger partial charge in [-0.3, -0.25) is 0 Å². The van der Waals surface area contributed by atoms with Crippen LogP contribution in [0, 0.1) is 5.92 Å². The Morgan fingerprint density at radius 3 is 2.38 bits per heavy atom. The largest absolute Gasteiger partial charge is 0.386 e. The number of fused-ring (bicyclic) bond motifs is 1. The first-order valence-electron chi connectivity index (χ1n) is 14.1. The van der Waals surface area contributed by atoms with Crippen LogP contribution in [-0.4, -0.2) is 23.1 Å². The van der Waals surface area contributed by atoms with Gasteiger partial charge in [-0.1, -0.05) is 83.4 Å². The van der Waals surface area contributed by atoms with Crippen LogP contribution >= 0.6 is 0 Å². The number of hydrogen-bond acceptors (Lipinski definition) is 2. The lowest BCUT2D eigenvalue weighted by Gasteiger charge is -2.26. The number of aromatic nitrogens is 1. The number of para-hydroxylation sites is 2. The minimum atomic E-state index is -0.492. The molecule has 1 heterocycles. The van der Waals surface area contributed by atoms with E-state index in [9.17, 15) is 4.79 Å². The highest BCUT2D eigenvalue weighted by atomic mass is 16.2. The van der Waals surface area contributed by atoms with Crippen molar-refractivity contribution >= 4 is 22.6 Å². The number of aromatic amines is 1. The molecule has 0 aliphatic heterocycles. The molecule has 2 aromatic carbocycles. The molecule has 2 amide bonds. The molecule has 5 nitrogen and oxygen atoms in total. The summed E-state index contributed by atoms with van der Waals surface area (Å²) >= 11 is 0. The lowest BCUT2D eigenvalue weighted by Crippen LogP contribution is -2.46. The molecule has 1 saturated carbocycles. The molecule has 2 aliphatic rings. The standard InChI is InChI=1S/C32H42N4O/c1-21(2)25-14-10-15-26(22(3)4)30(25)35-31(37)36-32(17-24-20-33-28-16-9-8-13-27(24)28)18-29(32)34-19-23-11-6-5-7-12-23/h8-10,13-16,18,20-23,33-34H,5-7,11-12,17,19H2,1-4H3,(H2,35,36,37)/t32-/m1/s1. The molecular weight excluding hydrogens is 456 g/mol. The molecule has 0 saturated heterocycles. The van der Waals surface area contributed by atoms with Gasteiger partial charge < -0.3 is 20.9 Å². The van der Waals surface area contributed by atoms with Crippen LogP contribution in [0.25, 0.3) is 10.9 Å². The molecule has 37 heavy (non-hydrogen) atoms. The summed E-state index contributed by atoms with van der Waals surface area (Å²) in [4.78, 5) is 17.0. The van der Waals surface area contributed by atoms with Crippen molar-refractivity contribution in [3.8, 4) is 0 Å². The van der Waals surface area contributed by atoms with E-state index in [0.29, 0.717) is 11.8 Å². The topological polar surface area (TPSA) is 69.0 Å². The summed E-state index contributed by atoms with van der Waals surface area (Å²) in [5.41, 5.74) is 6.28. The number of rotatable bonds is 9. The van der Waals surface area contributed by atoms with Gasteiger partial charge in [-0.05, 0) is 59.4 Å². The molecule has 5 heteroatoms. The van der Waals surface area contributed by atoms with Crippen LogP contribution in [0.4, 0.5) is 10.5 Å². The summed E-state index contributed by atoms with van der Waals surface area (Å²) < 4.78 is 0. The average Bonchev–Trinajstić information content (AvgIpc) is 3.40. The van der Waals surface area contributed by atoms with E-state index in [1.807, 2.05) is 0 Å². The minimum absolute atomic E-state index is 0.152. The maximum absolute atomic E-state index is 13.6. The highest BCUT2D eigenvalue weighted by Crippen LogP contribution is 2.39. The van der Waals surface area contributed by atoms with Crippen molar-refractivity contribution in [2.75, 3.05) is 11.9 Å². The molecule has 0 unspecified atom stereocenters. The van der Waals surface area contributed by atoms with Crippen molar-refractivity contribution < 1.29 is 4.79 Å². The highest BCUT2D eigenvalue weighted by Gasteiger charge is 2.46. The van der Waals surface area contributed by atoms with E-state index in [4.69, 9.17) is 0 Å². The quantitative estimate of drug-likeness (QED) is 0.245. The van der Waals surface area contributed by atoms with E-state index >= 15 is 0 Å². The van der Waals surface area contributed by atoms with Gasteiger partial charge in [0, 0.05) is 41.4 Å². The summed E-state index contributed by atoms with van der Waals surface area (Å²) in [5, 5.41) is 11.6. The number of carbonyl (C=O) groups excluding carboxylic acids is 1. The van der Waals surface area contributed by atoms with E-state index < -0.39 is 5.54 Å². The van der Waals surface area contributed by atoms with E-state index in [1.165, 1.54) is 54.2 Å². The molecule has 1 atom stereocenters. The summed E-state index contributed by atoms with van der Waals surface area (Å²) in [6.45, 7) is 9.69. The van der Waals surface area contributed by atoms with Crippen LogP contribution in [0.1, 0.15) is 88.3 Å². The number of amides is 2. The third-order valence-corrected chi connectivity index (χ3v) is 8.19. The third-order valence-electron chi connectivity index (χ3n) is 8.19. The molecule has 2 aliphatic carbocycles. The van der Waals surface area contributed by atoms with Crippen LogP contribution in [-0.2, 0) is 6.42 Å². The summed E-state index contributed by atoms with van der Waals surface area (Å²) in [6, 6.07) is 14.6. The first kappa shape index (κ1) is 25.4. The summed E-state index contributed by atoms with van der Waals surface area (Å²) in [6.07, 6.45) is 11.6. The van der Waals surface area contributed by atoms with Crippen LogP contribution < -0.4 is 16.0 Å². The van der Waals surface area contributed by atoms with Gasteiger partial charge in [0.1, 0.15) is 5.54 Å². The zero-order chi connectivity index (χ0) is 26.0. The van der Waals surface area contributed by atoms with Crippen LogP contribution in [0.15, 0.2) is 60.4 Å². The fourth-order valence-corrected chi connectivity index (χ4v) is 5.98. The lowest BCUT2D eigenvalue weighted by atomic mass is 9.89. The Labute approximate surface area is 221 Å². The maximum atomic E-state index is 13.6. The Kier molecular flexibility index (Phi) is 7.32. The second-order valence-electron chi connectivity index (χ2n) is 11.7. The van der Waals surface area contributed by atoms with E-state index in [-0.39, 0.29) is 6.03 Å². The van der Waals surface area contributed by atoms with E-state index in [2.05, 4.69) is 103 Å². The average molecular weight is 499 g/mol.